The number of carbonyl (C=O) groups is 1. The van der Waals surface area contributed by atoms with Gasteiger partial charge >= 0.3 is 0 Å². The fourth-order valence-corrected chi connectivity index (χ4v) is 5.71. The fourth-order valence-electron chi connectivity index (χ4n) is 5.71. The first-order valence-corrected chi connectivity index (χ1v) is 8.18. The molecule has 0 N–H and O–H groups in total. The van der Waals surface area contributed by atoms with Crippen LogP contribution in [0.15, 0.2) is 24.3 Å². The number of benzene rings is 1. The van der Waals surface area contributed by atoms with Crippen LogP contribution in [0, 0.1) is 35.0 Å². The van der Waals surface area contributed by atoms with Crippen molar-refractivity contribution in [1.29, 1.82) is 5.26 Å². The van der Waals surface area contributed by atoms with Crippen molar-refractivity contribution in [3.63, 3.8) is 0 Å². The van der Waals surface area contributed by atoms with Gasteiger partial charge in [0.25, 0.3) is 5.91 Å². The lowest BCUT2D eigenvalue weighted by molar-refractivity contribution is 0.0429. The predicted molar refractivity (Wildman–Crippen MR) is 84.1 cm³/mol. The number of amides is 1. The van der Waals surface area contributed by atoms with E-state index >= 15 is 0 Å². The van der Waals surface area contributed by atoms with Gasteiger partial charge in [0.1, 0.15) is 5.54 Å². The van der Waals surface area contributed by atoms with Gasteiger partial charge in [-0.1, -0.05) is 32.0 Å². The Labute approximate surface area is 131 Å². The van der Waals surface area contributed by atoms with Gasteiger partial charge in [-0.25, -0.2) is 0 Å². The molecule has 1 aliphatic heterocycles. The van der Waals surface area contributed by atoms with Gasteiger partial charge in [-0.2, -0.15) is 5.26 Å². The van der Waals surface area contributed by atoms with Crippen LogP contribution in [0.3, 0.4) is 0 Å². The van der Waals surface area contributed by atoms with Crippen LogP contribution in [0.4, 0.5) is 0 Å². The molecule has 3 nitrogen and oxygen atoms in total. The van der Waals surface area contributed by atoms with E-state index in [0.717, 1.165) is 30.5 Å². The van der Waals surface area contributed by atoms with E-state index in [0.29, 0.717) is 5.92 Å². The molecule has 1 saturated heterocycles. The summed E-state index contributed by atoms with van der Waals surface area (Å²) in [5.41, 5.74) is 1.17. The summed E-state index contributed by atoms with van der Waals surface area (Å²) in [6, 6.07) is 10.3. The summed E-state index contributed by atoms with van der Waals surface area (Å²) < 4.78 is 0. The number of aryl methyl sites for hydroxylation is 1. The molecular formula is C19H22N2O. The molecule has 3 aliphatic rings. The summed E-state index contributed by atoms with van der Waals surface area (Å²) >= 11 is 0. The van der Waals surface area contributed by atoms with Crippen LogP contribution in [0.25, 0.3) is 0 Å². The predicted octanol–water partition coefficient (Wildman–Crippen LogP) is 3.54. The van der Waals surface area contributed by atoms with Gasteiger partial charge in [-0.15, -0.1) is 0 Å². The molecule has 1 aromatic carbocycles. The first kappa shape index (κ1) is 13.8. The molecular weight excluding hydrogens is 272 g/mol. The summed E-state index contributed by atoms with van der Waals surface area (Å²) in [6.07, 6.45) is 3.14. The molecule has 1 heterocycles. The van der Waals surface area contributed by atoms with Crippen molar-refractivity contribution in [2.45, 2.75) is 45.6 Å². The first-order chi connectivity index (χ1) is 10.4. The molecule has 4 atom stereocenters. The van der Waals surface area contributed by atoms with E-state index in [4.69, 9.17) is 0 Å². The molecule has 1 aromatic rings. The molecule has 2 saturated carbocycles. The Bertz CT molecular complexity index is 720. The highest BCUT2D eigenvalue weighted by molar-refractivity contribution is 5.97. The molecule has 114 valence electrons. The Morgan fingerprint density at radius 3 is 2.73 bits per heavy atom. The smallest absolute Gasteiger partial charge is 0.255 e. The molecule has 0 spiro atoms. The number of carbonyl (C=O) groups excluding carboxylic acids is 1. The number of rotatable bonds is 1. The Balaban J connectivity index is 1.82. The minimum Gasteiger partial charge on any atom is -0.319 e. The average molecular weight is 294 g/mol. The minimum absolute atomic E-state index is 0.0370. The second-order valence-corrected chi connectivity index (χ2v) is 7.87. The summed E-state index contributed by atoms with van der Waals surface area (Å²) in [5, 5.41) is 10.0. The highest BCUT2D eigenvalue weighted by atomic mass is 16.2. The summed E-state index contributed by atoms with van der Waals surface area (Å²) in [5.74, 6) is 0.632. The summed E-state index contributed by atoms with van der Waals surface area (Å²) in [7, 11) is 0. The number of nitriles is 1. The Kier molecular flexibility index (Phi) is 2.47. The lowest BCUT2D eigenvalue weighted by atomic mass is 9.66. The normalized spacial score (nSPS) is 41.7. The quantitative estimate of drug-likeness (QED) is 0.795. The lowest BCUT2D eigenvalue weighted by Gasteiger charge is -2.43. The van der Waals surface area contributed by atoms with Crippen LogP contribution in [0.1, 0.15) is 49.0 Å². The van der Waals surface area contributed by atoms with Gasteiger partial charge in [-0.3, -0.25) is 4.79 Å². The zero-order valence-corrected chi connectivity index (χ0v) is 13.5. The Hall–Kier alpha value is -1.82. The van der Waals surface area contributed by atoms with E-state index < -0.39 is 5.54 Å². The van der Waals surface area contributed by atoms with Crippen LogP contribution in [-0.2, 0) is 0 Å². The molecule has 22 heavy (non-hydrogen) atoms. The second-order valence-electron chi connectivity index (χ2n) is 7.87. The monoisotopic (exact) mass is 294 g/mol. The topological polar surface area (TPSA) is 44.1 Å². The van der Waals surface area contributed by atoms with Crippen molar-refractivity contribution in [2.24, 2.45) is 16.7 Å². The number of nitrogens with zero attached hydrogens (tertiary/aromatic N) is 2. The molecule has 4 rings (SSSR count). The van der Waals surface area contributed by atoms with Gasteiger partial charge in [0.2, 0.25) is 0 Å². The Morgan fingerprint density at radius 1 is 1.36 bits per heavy atom. The largest absolute Gasteiger partial charge is 0.319 e. The van der Waals surface area contributed by atoms with Crippen molar-refractivity contribution >= 4 is 5.91 Å². The molecule has 4 bridgehead atoms. The number of piperidine rings is 1. The maximum absolute atomic E-state index is 13.2. The maximum atomic E-state index is 13.2. The minimum atomic E-state index is -0.607. The molecule has 0 radical (unpaired) electrons. The SMILES string of the molecule is Cc1ccccc1C(=O)N1C[C@@]2(C)[C@@H]3CC[C@]2(C)[C@]1(C#N)C3. The molecule has 0 unspecified atom stereocenters. The lowest BCUT2D eigenvalue weighted by Crippen LogP contribution is -2.54. The summed E-state index contributed by atoms with van der Waals surface area (Å²) in [4.78, 5) is 15.1. The molecule has 0 aromatic heterocycles. The standard InChI is InChI=1S/C19H22N2O/c1-13-6-4-5-7-15(13)16(22)21-12-17(2)14-8-9-18(17,3)19(21,10-14)11-20/h4-7,14H,8-10,12H2,1-3H3/t14-,17+,18+,19-/m1/s1. The van der Waals surface area contributed by atoms with Crippen molar-refractivity contribution in [3.05, 3.63) is 35.4 Å². The third kappa shape index (κ3) is 1.23. The van der Waals surface area contributed by atoms with Gasteiger partial charge in [0, 0.05) is 17.5 Å². The van der Waals surface area contributed by atoms with Crippen molar-refractivity contribution in [2.75, 3.05) is 6.54 Å². The van der Waals surface area contributed by atoms with Crippen molar-refractivity contribution in [1.82, 2.24) is 4.90 Å². The van der Waals surface area contributed by atoms with E-state index in [2.05, 4.69) is 19.9 Å². The first-order valence-electron chi connectivity index (χ1n) is 8.18. The van der Waals surface area contributed by atoms with E-state index in [9.17, 15) is 10.1 Å². The summed E-state index contributed by atoms with van der Waals surface area (Å²) in [6.45, 7) is 7.24. The average Bonchev–Trinajstić information content (AvgIpc) is 2.96. The van der Waals surface area contributed by atoms with Crippen LogP contribution >= 0.6 is 0 Å². The molecule has 1 amide bonds. The van der Waals surface area contributed by atoms with Crippen LogP contribution in [-0.4, -0.2) is 22.9 Å². The van der Waals surface area contributed by atoms with Gasteiger partial charge in [0.05, 0.1) is 6.07 Å². The van der Waals surface area contributed by atoms with Crippen molar-refractivity contribution in [3.8, 4) is 6.07 Å². The third-order valence-corrected chi connectivity index (χ3v) is 7.36. The van der Waals surface area contributed by atoms with E-state index in [1.165, 1.54) is 6.42 Å². The van der Waals surface area contributed by atoms with Gasteiger partial charge in [-0.05, 0) is 49.1 Å². The fraction of sp³-hybridized carbons (Fsp3) is 0.579. The molecule has 2 aliphatic carbocycles. The second kappa shape index (κ2) is 3.93. The van der Waals surface area contributed by atoms with E-state index in [1.54, 1.807) is 0 Å². The highest BCUT2D eigenvalue weighted by Crippen LogP contribution is 2.75. The van der Waals surface area contributed by atoms with Crippen LogP contribution in [0.2, 0.25) is 0 Å². The molecule has 3 heteroatoms. The van der Waals surface area contributed by atoms with Crippen molar-refractivity contribution < 1.29 is 4.79 Å². The zero-order chi connectivity index (χ0) is 15.8. The third-order valence-electron chi connectivity index (χ3n) is 7.36. The maximum Gasteiger partial charge on any atom is 0.255 e. The van der Waals surface area contributed by atoms with Crippen LogP contribution in [0.5, 0.6) is 0 Å². The number of hydrogen-bond donors (Lipinski definition) is 0. The number of hydrogen-bond acceptors (Lipinski definition) is 2. The highest BCUT2D eigenvalue weighted by Gasteiger charge is 2.78. The van der Waals surface area contributed by atoms with E-state index in [-0.39, 0.29) is 16.7 Å². The van der Waals surface area contributed by atoms with E-state index in [1.807, 2.05) is 36.1 Å². The Morgan fingerprint density at radius 2 is 2.09 bits per heavy atom. The zero-order valence-electron chi connectivity index (χ0n) is 13.5. The van der Waals surface area contributed by atoms with Crippen LogP contribution < -0.4 is 0 Å². The van der Waals surface area contributed by atoms with Gasteiger partial charge in [0.15, 0.2) is 0 Å². The number of likely N-dealkylation sites (tertiary alicyclic amines) is 1. The van der Waals surface area contributed by atoms with Gasteiger partial charge < -0.3 is 4.90 Å². The molecule has 3 fully saturated rings.